The highest BCUT2D eigenvalue weighted by Crippen LogP contribution is 2.41. The quantitative estimate of drug-likeness (QED) is 0.125. The molecule has 9 heteroatoms. The Hall–Kier alpha value is -4.04. The lowest BCUT2D eigenvalue weighted by molar-refractivity contribution is -0.113. The number of amidine groups is 1. The second kappa shape index (κ2) is 14.4. The summed E-state index contributed by atoms with van der Waals surface area (Å²) < 4.78 is 25.6. The zero-order chi connectivity index (χ0) is 32.1. The Morgan fingerprint density at radius 1 is 0.956 bits per heavy atom. The summed E-state index contributed by atoms with van der Waals surface area (Å²) in [4.78, 5) is 20.8. The molecule has 0 radical (unpaired) electrons. The molecule has 5 nitrogen and oxygen atoms in total. The number of rotatable bonds is 10. The van der Waals surface area contributed by atoms with Gasteiger partial charge in [0.2, 0.25) is 0 Å². The Kier molecular flexibility index (Phi) is 10.3. The number of amides is 1. The number of nitrogens with zero attached hydrogens (tertiary/aromatic N) is 2. The van der Waals surface area contributed by atoms with Crippen molar-refractivity contribution in [3.05, 3.63) is 134 Å². The lowest BCUT2D eigenvalue weighted by atomic mass is 10.0. The van der Waals surface area contributed by atoms with Gasteiger partial charge in [0.05, 0.1) is 22.9 Å². The van der Waals surface area contributed by atoms with Gasteiger partial charge in [0, 0.05) is 15.6 Å². The van der Waals surface area contributed by atoms with Crippen molar-refractivity contribution in [3.63, 3.8) is 0 Å². The minimum Gasteiger partial charge on any atom is -0.490 e. The van der Waals surface area contributed by atoms with Crippen LogP contribution in [0.15, 0.2) is 95.3 Å². The summed E-state index contributed by atoms with van der Waals surface area (Å²) in [6, 6.07) is 21.0. The van der Waals surface area contributed by atoms with E-state index < -0.39 is 0 Å². The zero-order valence-corrected chi connectivity index (χ0v) is 27.4. The first kappa shape index (κ1) is 32.4. The normalized spacial score (nSPS) is 14.8. The number of thioether (sulfide) groups is 1. The van der Waals surface area contributed by atoms with E-state index in [4.69, 9.17) is 37.7 Å². The summed E-state index contributed by atoms with van der Waals surface area (Å²) in [5, 5.41) is 1.61. The summed E-state index contributed by atoms with van der Waals surface area (Å²) >= 11 is 14.1. The van der Waals surface area contributed by atoms with Crippen LogP contribution in [0.3, 0.4) is 0 Å². The molecule has 4 aromatic carbocycles. The van der Waals surface area contributed by atoms with Crippen LogP contribution in [0.4, 0.5) is 15.8 Å². The van der Waals surface area contributed by atoms with Crippen molar-refractivity contribution >= 4 is 63.5 Å². The highest BCUT2D eigenvalue weighted by atomic mass is 35.5. The van der Waals surface area contributed by atoms with E-state index in [9.17, 15) is 9.18 Å². The smallest absolute Gasteiger partial charge is 0.271 e. The summed E-state index contributed by atoms with van der Waals surface area (Å²) in [7, 11) is 0. The molecular formula is C36H31Cl2FN2O3S. The standard InChI is InChI=1S/C36H31Cl2FN2O3S/c1-5-7-26-16-25(17-32(43-6-2)34(26)44-21-24-10-12-27(39)13-11-24)18-33-35(42)41(29-15-9-23(4)31(38)20-29)36(45-33)40-28-14-8-22(3)30(37)19-28/h5,8-20H,1,6-7,21H2,2-4H3/b33-18+,40-36?. The highest BCUT2D eigenvalue weighted by Gasteiger charge is 2.35. The van der Waals surface area contributed by atoms with Crippen LogP contribution in [0, 0.1) is 19.7 Å². The minimum absolute atomic E-state index is 0.232. The summed E-state index contributed by atoms with van der Waals surface area (Å²) in [5.74, 6) is 0.559. The van der Waals surface area contributed by atoms with Crippen LogP contribution in [0.5, 0.6) is 11.5 Å². The topological polar surface area (TPSA) is 51.1 Å². The van der Waals surface area contributed by atoms with E-state index in [2.05, 4.69) is 6.58 Å². The second-order valence-electron chi connectivity index (χ2n) is 10.4. The van der Waals surface area contributed by atoms with Gasteiger partial charge in [0.25, 0.3) is 5.91 Å². The maximum atomic E-state index is 14.0. The predicted octanol–water partition coefficient (Wildman–Crippen LogP) is 10.3. The number of anilines is 1. The zero-order valence-electron chi connectivity index (χ0n) is 25.1. The predicted molar refractivity (Wildman–Crippen MR) is 185 cm³/mol. The molecule has 0 aromatic heterocycles. The molecule has 1 aliphatic rings. The molecule has 0 saturated carbocycles. The molecule has 1 heterocycles. The van der Waals surface area contributed by atoms with Gasteiger partial charge in [0.15, 0.2) is 16.7 Å². The fourth-order valence-electron chi connectivity index (χ4n) is 4.65. The molecule has 0 unspecified atom stereocenters. The summed E-state index contributed by atoms with van der Waals surface area (Å²) in [6.45, 7) is 10.3. The molecule has 1 amide bonds. The number of ether oxygens (including phenoxy) is 2. The number of aryl methyl sites for hydroxylation is 2. The molecular weight excluding hydrogens is 630 g/mol. The van der Waals surface area contributed by atoms with E-state index in [0.717, 1.165) is 27.8 Å². The van der Waals surface area contributed by atoms with E-state index >= 15 is 0 Å². The molecule has 1 saturated heterocycles. The van der Waals surface area contributed by atoms with Crippen LogP contribution in [-0.2, 0) is 17.8 Å². The third-order valence-corrected chi connectivity index (χ3v) is 8.80. The van der Waals surface area contributed by atoms with Crippen LogP contribution < -0.4 is 14.4 Å². The van der Waals surface area contributed by atoms with Crippen molar-refractivity contribution in [1.82, 2.24) is 0 Å². The van der Waals surface area contributed by atoms with E-state index in [0.29, 0.717) is 56.0 Å². The third-order valence-electron chi connectivity index (χ3n) is 7.01. The molecule has 4 aromatic rings. The van der Waals surface area contributed by atoms with E-state index in [1.165, 1.54) is 23.9 Å². The molecule has 1 aliphatic heterocycles. The Morgan fingerprint density at radius 3 is 2.33 bits per heavy atom. The number of carbonyl (C=O) groups is 1. The first-order chi connectivity index (χ1) is 21.7. The Morgan fingerprint density at radius 2 is 1.67 bits per heavy atom. The van der Waals surface area contributed by atoms with E-state index in [1.807, 2.05) is 63.2 Å². The molecule has 1 fully saturated rings. The van der Waals surface area contributed by atoms with Crippen molar-refractivity contribution in [3.8, 4) is 11.5 Å². The highest BCUT2D eigenvalue weighted by molar-refractivity contribution is 8.19. The number of allylic oxidation sites excluding steroid dienone is 1. The van der Waals surface area contributed by atoms with Gasteiger partial charge >= 0.3 is 0 Å². The first-order valence-electron chi connectivity index (χ1n) is 14.3. The molecule has 5 rings (SSSR count). The third kappa shape index (κ3) is 7.61. The number of hydrogen-bond acceptors (Lipinski definition) is 5. The van der Waals surface area contributed by atoms with Crippen LogP contribution in [-0.4, -0.2) is 17.7 Å². The van der Waals surface area contributed by atoms with Gasteiger partial charge in [-0.05, 0) is 116 Å². The van der Waals surface area contributed by atoms with Gasteiger partial charge in [-0.3, -0.25) is 9.69 Å². The molecule has 0 aliphatic carbocycles. The summed E-state index contributed by atoms with van der Waals surface area (Å²) in [6.07, 6.45) is 4.10. The maximum Gasteiger partial charge on any atom is 0.271 e. The fourth-order valence-corrected chi connectivity index (χ4v) is 6.00. The average molecular weight is 662 g/mol. The Labute approximate surface area is 277 Å². The maximum absolute atomic E-state index is 14.0. The van der Waals surface area contributed by atoms with E-state index in [1.54, 1.807) is 35.2 Å². The molecule has 0 bridgehead atoms. The van der Waals surface area contributed by atoms with Crippen LogP contribution >= 0.6 is 35.0 Å². The van der Waals surface area contributed by atoms with Crippen LogP contribution in [0.25, 0.3) is 6.08 Å². The lowest BCUT2D eigenvalue weighted by Crippen LogP contribution is -2.28. The van der Waals surface area contributed by atoms with Crippen molar-refractivity contribution in [1.29, 1.82) is 0 Å². The van der Waals surface area contributed by atoms with Gasteiger partial charge in [-0.25, -0.2) is 9.38 Å². The van der Waals surface area contributed by atoms with Crippen molar-refractivity contribution in [2.75, 3.05) is 11.5 Å². The number of hydrogen-bond donors (Lipinski definition) is 0. The second-order valence-corrected chi connectivity index (χ2v) is 12.2. The molecule has 230 valence electrons. The van der Waals surface area contributed by atoms with Crippen LogP contribution in [0.2, 0.25) is 10.0 Å². The number of aliphatic imine (C=N–C) groups is 1. The first-order valence-corrected chi connectivity index (χ1v) is 15.9. The van der Waals surface area contributed by atoms with Crippen molar-refractivity contribution in [2.24, 2.45) is 4.99 Å². The van der Waals surface area contributed by atoms with Gasteiger partial charge in [-0.15, -0.1) is 6.58 Å². The van der Waals surface area contributed by atoms with Gasteiger partial charge < -0.3 is 9.47 Å². The van der Waals surface area contributed by atoms with Gasteiger partial charge in [0.1, 0.15) is 12.4 Å². The molecule has 45 heavy (non-hydrogen) atoms. The fraction of sp³-hybridized carbons (Fsp3) is 0.167. The SMILES string of the molecule is C=CCc1cc(/C=C2/SC(=Nc3ccc(C)c(Cl)c3)N(c3ccc(C)c(Cl)c3)C2=O)cc(OCC)c1OCc1ccc(F)cc1. The monoisotopic (exact) mass is 660 g/mol. The number of carbonyl (C=O) groups excluding carboxylic acids is 1. The molecule has 0 spiro atoms. The van der Waals surface area contributed by atoms with E-state index in [-0.39, 0.29) is 18.3 Å². The lowest BCUT2D eigenvalue weighted by Gasteiger charge is -2.17. The van der Waals surface area contributed by atoms with Crippen molar-refractivity contribution < 1.29 is 18.7 Å². The van der Waals surface area contributed by atoms with Gasteiger partial charge in [-0.1, -0.05) is 53.5 Å². The van der Waals surface area contributed by atoms with Crippen molar-refractivity contribution in [2.45, 2.75) is 33.8 Å². The largest absolute Gasteiger partial charge is 0.490 e. The number of halogens is 3. The Bertz CT molecular complexity index is 1820. The van der Waals surface area contributed by atoms with Crippen LogP contribution in [0.1, 0.15) is 34.7 Å². The molecule has 0 N–H and O–H groups in total. The minimum atomic E-state index is -0.308. The summed E-state index contributed by atoms with van der Waals surface area (Å²) in [5.41, 5.74) is 5.48. The Balaban J connectivity index is 1.55. The average Bonchev–Trinajstić information content (AvgIpc) is 3.31. The molecule has 0 atom stereocenters. The number of benzene rings is 4. The van der Waals surface area contributed by atoms with Gasteiger partial charge in [-0.2, -0.15) is 0 Å².